The zero-order valence-corrected chi connectivity index (χ0v) is 42.2. The molecule has 4 aliphatic carbocycles. The zero-order valence-electron chi connectivity index (χ0n) is 42.2. The van der Waals surface area contributed by atoms with Gasteiger partial charge in [0.25, 0.3) is 0 Å². The average Bonchev–Trinajstić information content (AvgIpc) is 3.87. The molecule has 0 aliphatic heterocycles. The summed E-state index contributed by atoms with van der Waals surface area (Å²) in [4.78, 5) is 0. The van der Waals surface area contributed by atoms with E-state index in [9.17, 15) is 0 Å². The third kappa shape index (κ3) is 75.4. The van der Waals surface area contributed by atoms with Crippen LogP contribution in [0.4, 0.5) is 0 Å². The van der Waals surface area contributed by atoms with Crippen molar-refractivity contribution in [1.82, 2.24) is 0 Å². The lowest BCUT2D eigenvalue weighted by atomic mass is 10.0. The third-order valence-electron chi connectivity index (χ3n) is 7.23. The van der Waals surface area contributed by atoms with E-state index in [1.165, 1.54) is 132 Å². The van der Waals surface area contributed by atoms with Gasteiger partial charge >= 0.3 is 0 Å². The molecule has 334 valence electrons. The van der Waals surface area contributed by atoms with E-state index in [1.54, 1.807) is 0 Å². The van der Waals surface area contributed by atoms with Crippen LogP contribution in [0.15, 0.2) is 78.9 Å². The van der Waals surface area contributed by atoms with Crippen LogP contribution >= 0.6 is 0 Å². The van der Waals surface area contributed by atoms with E-state index >= 15 is 0 Å². The number of fused-ring (bicyclic) bond motifs is 1. The fourth-order valence-corrected chi connectivity index (χ4v) is 4.17. The standard InChI is InChI=1S/C10H8.C9H12.C6H12.C5H10.C4H8.5C4H10.C3H6/c1-2-6-10-8-4-3-7-9(10)5-1;1-8(2)9-6-4-3-5-7-9;1-2-4-6-5-3-1;1-2-4-5-3-1;1-2-4-3-1;5*1-4(2)3;1-2-3-1/h1-8H;3-8H,1-2H3;1-6H2;1-5H2;1-4H2;5*4H,1-3H3;1-3H2. The quantitative estimate of drug-likeness (QED) is 0.230. The minimum absolute atomic E-state index is 0.659. The van der Waals surface area contributed by atoms with Gasteiger partial charge in [-0.05, 0) is 51.8 Å². The van der Waals surface area contributed by atoms with Gasteiger partial charge in [-0.2, -0.15) is 0 Å². The molecule has 0 radical (unpaired) electrons. The van der Waals surface area contributed by atoms with Crippen molar-refractivity contribution in [3.8, 4) is 0 Å². The number of hydrogen-bond donors (Lipinski definition) is 0. The molecule has 0 bridgehead atoms. The number of rotatable bonds is 1. The highest BCUT2D eigenvalue weighted by atomic mass is 14.0. The number of hydrogen-bond acceptors (Lipinski definition) is 0. The molecule has 0 unspecified atom stereocenters. The second kappa shape index (κ2) is 48.3. The van der Waals surface area contributed by atoms with E-state index in [1.807, 2.05) is 6.07 Å². The molecule has 0 spiro atoms. The fourth-order valence-electron chi connectivity index (χ4n) is 4.17. The van der Waals surface area contributed by atoms with Gasteiger partial charge in [0.2, 0.25) is 0 Å². The Kier molecular flexibility index (Phi) is 52.2. The molecule has 4 aliphatic rings. The summed E-state index contributed by atoms with van der Waals surface area (Å²) >= 11 is 0. The van der Waals surface area contributed by atoms with Gasteiger partial charge in [-0.15, -0.1) is 0 Å². The first-order valence-corrected chi connectivity index (χ1v) is 24.4. The number of benzene rings is 3. The molecule has 7 rings (SSSR count). The van der Waals surface area contributed by atoms with E-state index in [0.29, 0.717) is 5.92 Å². The first-order chi connectivity index (χ1) is 26.9. The second-order valence-electron chi connectivity index (χ2n) is 19.9. The lowest BCUT2D eigenvalue weighted by molar-refractivity contribution is 0.504. The highest BCUT2D eigenvalue weighted by Gasteiger charge is 1.97. The molecule has 0 N–H and O–H groups in total. The van der Waals surface area contributed by atoms with Crippen LogP contribution in [-0.4, -0.2) is 0 Å². The summed E-state index contributed by atoms with van der Waals surface area (Å²) in [6, 6.07) is 27.2. The molecular formula is C57H106. The van der Waals surface area contributed by atoms with Crippen molar-refractivity contribution in [1.29, 1.82) is 0 Å². The van der Waals surface area contributed by atoms with E-state index in [-0.39, 0.29) is 0 Å². The molecule has 0 atom stereocenters. The van der Waals surface area contributed by atoms with E-state index in [2.05, 4.69) is 190 Å². The highest BCUT2D eigenvalue weighted by Crippen LogP contribution is 2.17. The second-order valence-corrected chi connectivity index (χ2v) is 19.9. The third-order valence-corrected chi connectivity index (χ3v) is 7.23. The van der Waals surface area contributed by atoms with Crippen molar-refractivity contribution < 1.29 is 0 Å². The SMILES string of the molecule is C1CC1.C1CCC1.C1CCCC1.C1CCCCC1.CC(C)C.CC(C)C.CC(C)C.CC(C)C.CC(C)C.CC(C)c1ccccc1.c1ccc2ccccc2c1. The molecule has 0 heterocycles. The molecule has 57 heavy (non-hydrogen) atoms. The summed E-state index contributed by atoms with van der Waals surface area (Å²) in [7, 11) is 0. The van der Waals surface area contributed by atoms with Crippen molar-refractivity contribution in [2.24, 2.45) is 29.6 Å². The van der Waals surface area contributed by atoms with Crippen LogP contribution in [0.25, 0.3) is 10.8 Å². The Bertz CT molecular complexity index is 949. The maximum Gasteiger partial charge on any atom is -0.0184 e. The van der Waals surface area contributed by atoms with Crippen LogP contribution in [-0.2, 0) is 0 Å². The Balaban J connectivity index is -0.000000278. The van der Waals surface area contributed by atoms with E-state index in [0.717, 1.165) is 29.6 Å². The minimum atomic E-state index is 0.659. The predicted molar refractivity (Wildman–Crippen MR) is 270 cm³/mol. The van der Waals surface area contributed by atoms with Crippen molar-refractivity contribution in [2.75, 3.05) is 0 Å². The average molecular weight is 791 g/mol. The summed E-state index contributed by atoms with van der Waals surface area (Å²) in [6.07, 6.45) is 27.0. The fraction of sp³-hybridized carbons (Fsp3) is 0.719. The van der Waals surface area contributed by atoms with Crippen LogP contribution in [0.3, 0.4) is 0 Å². The molecule has 0 saturated heterocycles. The molecule has 4 fully saturated rings. The first kappa shape index (κ1) is 61.6. The Morgan fingerprint density at radius 3 is 0.491 bits per heavy atom. The Morgan fingerprint density at radius 1 is 0.228 bits per heavy atom. The molecule has 4 saturated carbocycles. The van der Waals surface area contributed by atoms with Crippen LogP contribution in [0.5, 0.6) is 0 Å². The molecule has 0 heteroatoms. The Labute approximate surface area is 362 Å². The van der Waals surface area contributed by atoms with Gasteiger partial charge in [-0.1, -0.05) is 312 Å². The lowest BCUT2D eigenvalue weighted by Crippen LogP contribution is -1.85. The minimum Gasteiger partial charge on any atom is -0.0630 e. The summed E-state index contributed by atoms with van der Waals surface area (Å²) in [5.74, 6) is 4.83. The topological polar surface area (TPSA) is 0 Å². The van der Waals surface area contributed by atoms with E-state index in [4.69, 9.17) is 0 Å². The van der Waals surface area contributed by atoms with Gasteiger partial charge < -0.3 is 0 Å². The van der Waals surface area contributed by atoms with Gasteiger partial charge in [0.1, 0.15) is 0 Å². The highest BCUT2D eigenvalue weighted by molar-refractivity contribution is 5.82. The molecule has 3 aromatic carbocycles. The molecule has 0 amide bonds. The van der Waals surface area contributed by atoms with Gasteiger partial charge in [0.05, 0.1) is 0 Å². The van der Waals surface area contributed by atoms with Crippen LogP contribution in [0.1, 0.15) is 245 Å². The maximum atomic E-state index is 2.20. The van der Waals surface area contributed by atoms with Crippen LogP contribution in [0.2, 0.25) is 0 Å². The zero-order chi connectivity index (χ0) is 44.1. The summed E-state index contributed by atoms with van der Waals surface area (Å²) < 4.78 is 0. The summed E-state index contributed by atoms with van der Waals surface area (Å²) in [5, 5.41) is 2.62. The van der Waals surface area contributed by atoms with Crippen LogP contribution < -0.4 is 0 Å². The Hall–Kier alpha value is -2.08. The molecular weight excluding hydrogens is 685 g/mol. The lowest BCUT2D eigenvalue weighted by Gasteiger charge is -2.05. The summed E-state index contributed by atoms with van der Waals surface area (Å²) in [6.45, 7) is 36.9. The predicted octanol–water partition coefficient (Wildman–Crippen LogP) is 21.0. The molecule has 0 aromatic heterocycles. The van der Waals surface area contributed by atoms with Crippen molar-refractivity contribution in [2.45, 2.75) is 239 Å². The van der Waals surface area contributed by atoms with Crippen molar-refractivity contribution >= 4 is 10.8 Å². The molecule has 3 aromatic rings. The van der Waals surface area contributed by atoms with Gasteiger partial charge in [0, 0.05) is 0 Å². The van der Waals surface area contributed by atoms with E-state index < -0.39 is 0 Å². The smallest absolute Gasteiger partial charge is 0.0184 e. The van der Waals surface area contributed by atoms with Gasteiger partial charge in [-0.3, -0.25) is 0 Å². The summed E-state index contributed by atoms with van der Waals surface area (Å²) in [5.41, 5.74) is 1.41. The largest absolute Gasteiger partial charge is 0.0630 e. The maximum absolute atomic E-state index is 2.20. The van der Waals surface area contributed by atoms with Gasteiger partial charge in [0.15, 0.2) is 0 Å². The normalized spacial score (nSPS) is 14.1. The first-order valence-electron chi connectivity index (χ1n) is 24.4. The van der Waals surface area contributed by atoms with Crippen molar-refractivity contribution in [3.05, 3.63) is 84.4 Å². The molecule has 0 nitrogen and oxygen atoms in total. The van der Waals surface area contributed by atoms with Crippen LogP contribution in [0, 0.1) is 29.6 Å². The van der Waals surface area contributed by atoms with Gasteiger partial charge in [-0.25, -0.2) is 0 Å². The Morgan fingerprint density at radius 2 is 0.368 bits per heavy atom. The monoisotopic (exact) mass is 791 g/mol. The van der Waals surface area contributed by atoms with Crippen molar-refractivity contribution in [3.63, 3.8) is 0 Å².